The van der Waals surface area contributed by atoms with Gasteiger partial charge in [-0.3, -0.25) is 4.79 Å². The molecule has 5 nitrogen and oxygen atoms in total. The highest BCUT2D eigenvalue weighted by Gasteiger charge is 2.39. The first-order chi connectivity index (χ1) is 10.5. The van der Waals surface area contributed by atoms with Gasteiger partial charge in [-0.15, -0.1) is 0 Å². The predicted octanol–water partition coefficient (Wildman–Crippen LogP) is 1.83. The molecular formula is C17H16N2O3. The van der Waals surface area contributed by atoms with Crippen molar-refractivity contribution >= 4 is 5.91 Å². The van der Waals surface area contributed by atoms with Gasteiger partial charge in [0.2, 0.25) is 0 Å². The van der Waals surface area contributed by atoms with Gasteiger partial charge < -0.3 is 15.6 Å². The van der Waals surface area contributed by atoms with Gasteiger partial charge in [-0.2, -0.15) is 5.26 Å². The molecule has 1 unspecified atom stereocenters. The molecule has 0 aliphatic heterocycles. The smallest absolute Gasteiger partial charge is 0.254 e. The third-order valence-corrected chi connectivity index (χ3v) is 3.60. The van der Waals surface area contributed by atoms with E-state index in [2.05, 4.69) is 0 Å². The maximum atomic E-state index is 12.1. The van der Waals surface area contributed by atoms with E-state index in [1.807, 2.05) is 6.07 Å². The van der Waals surface area contributed by atoms with Crippen molar-refractivity contribution < 1.29 is 14.6 Å². The van der Waals surface area contributed by atoms with Crippen molar-refractivity contribution in [3.63, 3.8) is 0 Å². The van der Waals surface area contributed by atoms with Crippen LogP contribution in [0, 0.1) is 11.3 Å². The standard InChI is InChI=1S/C17H16N2O3/c1-22-17(16(19)21,14-3-2-4-15(20)9-14)10-12-5-7-13(11-18)8-6-12/h2-9,20H,10H2,1H3,(H2,19,21). The molecule has 0 spiro atoms. The number of carbonyl (C=O) groups is 1. The van der Waals surface area contributed by atoms with Gasteiger partial charge in [0, 0.05) is 13.5 Å². The van der Waals surface area contributed by atoms with Crippen molar-refractivity contribution in [3.8, 4) is 11.8 Å². The molecule has 0 saturated carbocycles. The van der Waals surface area contributed by atoms with Gasteiger partial charge in [-0.1, -0.05) is 24.3 Å². The Morgan fingerprint density at radius 2 is 2.00 bits per heavy atom. The minimum Gasteiger partial charge on any atom is -0.508 e. The lowest BCUT2D eigenvalue weighted by Crippen LogP contribution is -2.44. The Kier molecular flexibility index (Phi) is 4.44. The Morgan fingerprint density at radius 1 is 1.32 bits per heavy atom. The molecule has 5 heteroatoms. The first kappa shape index (κ1) is 15.5. The molecule has 0 aliphatic rings. The molecule has 22 heavy (non-hydrogen) atoms. The van der Waals surface area contributed by atoms with Crippen LogP contribution in [0.1, 0.15) is 16.7 Å². The normalized spacial score (nSPS) is 13.1. The number of benzene rings is 2. The van der Waals surface area contributed by atoms with Gasteiger partial charge in [0.25, 0.3) is 5.91 Å². The molecule has 0 radical (unpaired) electrons. The van der Waals surface area contributed by atoms with Crippen LogP contribution in [0.25, 0.3) is 0 Å². The zero-order chi connectivity index (χ0) is 16.2. The first-order valence-corrected chi connectivity index (χ1v) is 6.65. The first-order valence-electron chi connectivity index (χ1n) is 6.65. The SMILES string of the molecule is COC(Cc1ccc(C#N)cc1)(C(N)=O)c1cccc(O)c1. The number of phenols is 1. The van der Waals surface area contributed by atoms with Gasteiger partial charge in [-0.25, -0.2) is 0 Å². The number of nitrogens with two attached hydrogens (primary N) is 1. The van der Waals surface area contributed by atoms with Crippen LogP contribution in [0.5, 0.6) is 5.75 Å². The number of primary amides is 1. The second-order valence-electron chi connectivity index (χ2n) is 4.93. The molecule has 1 amide bonds. The van der Waals surface area contributed by atoms with Crippen molar-refractivity contribution in [2.45, 2.75) is 12.0 Å². The van der Waals surface area contributed by atoms with Crippen molar-refractivity contribution in [1.82, 2.24) is 0 Å². The van der Waals surface area contributed by atoms with E-state index in [1.165, 1.54) is 19.2 Å². The number of hydrogen-bond acceptors (Lipinski definition) is 4. The zero-order valence-electron chi connectivity index (χ0n) is 12.1. The van der Waals surface area contributed by atoms with E-state index in [4.69, 9.17) is 15.7 Å². The van der Waals surface area contributed by atoms with Crippen molar-refractivity contribution in [2.75, 3.05) is 7.11 Å². The Bertz CT molecular complexity index is 719. The highest BCUT2D eigenvalue weighted by molar-refractivity contribution is 5.85. The molecule has 0 heterocycles. The third-order valence-electron chi connectivity index (χ3n) is 3.60. The summed E-state index contributed by atoms with van der Waals surface area (Å²) >= 11 is 0. The molecule has 1 atom stereocenters. The number of aromatic hydroxyl groups is 1. The van der Waals surface area contributed by atoms with Gasteiger partial charge in [-0.05, 0) is 35.4 Å². The van der Waals surface area contributed by atoms with Crippen LogP contribution in [0.4, 0.5) is 0 Å². The van der Waals surface area contributed by atoms with Gasteiger partial charge in [0.1, 0.15) is 5.75 Å². The Labute approximate surface area is 128 Å². The second kappa shape index (κ2) is 6.29. The number of hydrogen-bond donors (Lipinski definition) is 2. The Hall–Kier alpha value is -2.84. The van der Waals surface area contributed by atoms with E-state index in [0.29, 0.717) is 11.1 Å². The number of phenolic OH excluding ortho intramolecular Hbond substituents is 1. The van der Waals surface area contributed by atoms with E-state index in [-0.39, 0.29) is 12.2 Å². The van der Waals surface area contributed by atoms with E-state index in [1.54, 1.807) is 36.4 Å². The van der Waals surface area contributed by atoms with E-state index >= 15 is 0 Å². The Morgan fingerprint density at radius 3 is 2.50 bits per heavy atom. The van der Waals surface area contributed by atoms with Gasteiger partial charge >= 0.3 is 0 Å². The fraction of sp³-hybridized carbons (Fsp3) is 0.176. The number of rotatable bonds is 5. The average Bonchev–Trinajstić information content (AvgIpc) is 2.53. The summed E-state index contributed by atoms with van der Waals surface area (Å²) in [6.07, 6.45) is 0.202. The average molecular weight is 296 g/mol. The lowest BCUT2D eigenvalue weighted by molar-refractivity contribution is -0.141. The number of nitriles is 1. The number of nitrogens with zero attached hydrogens (tertiary/aromatic N) is 1. The predicted molar refractivity (Wildman–Crippen MR) is 80.8 cm³/mol. The second-order valence-corrected chi connectivity index (χ2v) is 4.93. The number of methoxy groups -OCH3 is 1. The molecule has 3 N–H and O–H groups in total. The minimum absolute atomic E-state index is 0.0278. The van der Waals surface area contributed by atoms with Crippen molar-refractivity contribution in [2.24, 2.45) is 5.73 Å². The quantitative estimate of drug-likeness (QED) is 0.879. The van der Waals surface area contributed by atoms with E-state index < -0.39 is 11.5 Å². The van der Waals surface area contributed by atoms with Crippen LogP contribution < -0.4 is 5.73 Å². The van der Waals surface area contributed by atoms with Crippen LogP contribution in [-0.2, 0) is 21.6 Å². The summed E-state index contributed by atoms with van der Waals surface area (Å²) in [5, 5.41) is 18.5. The topological polar surface area (TPSA) is 96.3 Å². The lowest BCUT2D eigenvalue weighted by Gasteiger charge is -2.30. The minimum atomic E-state index is -1.38. The summed E-state index contributed by atoms with van der Waals surface area (Å²) in [6, 6.07) is 15.1. The van der Waals surface area contributed by atoms with E-state index in [9.17, 15) is 9.90 Å². The highest BCUT2D eigenvalue weighted by atomic mass is 16.5. The number of amides is 1. The summed E-state index contributed by atoms with van der Waals surface area (Å²) < 4.78 is 5.45. The van der Waals surface area contributed by atoms with Crippen LogP contribution in [-0.4, -0.2) is 18.1 Å². The van der Waals surface area contributed by atoms with Crippen molar-refractivity contribution in [1.29, 1.82) is 5.26 Å². The molecule has 0 bridgehead atoms. The van der Waals surface area contributed by atoms with Crippen LogP contribution >= 0.6 is 0 Å². The zero-order valence-corrected chi connectivity index (χ0v) is 12.1. The molecule has 0 fully saturated rings. The lowest BCUT2D eigenvalue weighted by atomic mass is 9.86. The molecular weight excluding hydrogens is 280 g/mol. The fourth-order valence-electron chi connectivity index (χ4n) is 2.36. The van der Waals surface area contributed by atoms with Gasteiger partial charge in [0.05, 0.1) is 11.6 Å². The largest absolute Gasteiger partial charge is 0.508 e. The molecule has 112 valence electrons. The van der Waals surface area contributed by atoms with Crippen molar-refractivity contribution in [3.05, 3.63) is 65.2 Å². The molecule has 2 rings (SSSR count). The summed E-state index contributed by atoms with van der Waals surface area (Å²) in [5.41, 5.74) is 5.99. The van der Waals surface area contributed by atoms with Crippen LogP contribution in [0.15, 0.2) is 48.5 Å². The Balaban J connectivity index is 2.45. The van der Waals surface area contributed by atoms with Gasteiger partial charge in [0.15, 0.2) is 5.60 Å². The molecule has 2 aromatic carbocycles. The summed E-state index contributed by atoms with van der Waals surface area (Å²) in [4.78, 5) is 12.1. The monoisotopic (exact) mass is 296 g/mol. The highest BCUT2D eigenvalue weighted by Crippen LogP contribution is 2.31. The maximum absolute atomic E-state index is 12.1. The molecule has 2 aromatic rings. The van der Waals surface area contributed by atoms with Crippen LogP contribution in [0.2, 0.25) is 0 Å². The maximum Gasteiger partial charge on any atom is 0.254 e. The summed E-state index contributed by atoms with van der Waals surface area (Å²) in [7, 11) is 1.40. The molecule has 0 aliphatic carbocycles. The summed E-state index contributed by atoms with van der Waals surface area (Å²) in [6.45, 7) is 0. The number of ether oxygens (including phenoxy) is 1. The third kappa shape index (κ3) is 2.92. The summed E-state index contributed by atoms with van der Waals surface area (Å²) in [5.74, 6) is -0.620. The molecule has 0 saturated heterocycles. The van der Waals surface area contributed by atoms with E-state index in [0.717, 1.165) is 5.56 Å². The molecule has 0 aromatic heterocycles. The number of carbonyl (C=O) groups excluding carboxylic acids is 1. The fourth-order valence-corrected chi connectivity index (χ4v) is 2.36. The van der Waals surface area contributed by atoms with Crippen LogP contribution in [0.3, 0.4) is 0 Å².